The molecule has 0 aliphatic heterocycles. The summed E-state index contributed by atoms with van der Waals surface area (Å²) in [6.45, 7) is 2.45. The van der Waals surface area contributed by atoms with Crippen molar-refractivity contribution in [3.63, 3.8) is 0 Å². The molecule has 9 heavy (non-hydrogen) atoms. The molecule has 0 heterocycles. The van der Waals surface area contributed by atoms with Crippen LogP contribution in [0, 0.1) is 5.92 Å². The van der Waals surface area contributed by atoms with Crippen molar-refractivity contribution in [1.82, 2.24) is 0 Å². The average molecular weight is 128 g/mol. The zero-order valence-corrected chi connectivity index (χ0v) is 5.38. The van der Waals surface area contributed by atoms with Gasteiger partial charge in [-0.05, 0) is 13.8 Å². The molecule has 0 N–H and O–H groups in total. The Morgan fingerprint density at radius 1 is 1.22 bits per heavy atom. The molecule has 0 fully saturated rings. The number of hydrogen-bond donors (Lipinski definition) is 0. The third-order valence-electron chi connectivity index (χ3n) is 1.01. The quantitative estimate of drug-likeness (QED) is 0.396. The monoisotopic (exact) mass is 128 g/mol. The van der Waals surface area contributed by atoms with Gasteiger partial charge in [-0.15, -0.1) is 0 Å². The molecule has 0 amide bonds. The van der Waals surface area contributed by atoms with Gasteiger partial charge in [0, 0.05) is 0 Å². The van der Waals surface area contributed by atoms with Gasteiger partial charge in [0.2, 0.25) is 0 Å². The highest BCUT2D eigenvalue weighted by molar-refractivity contribution is 6.11. The minimum Gasteiger partial charge on any atom is -0.302 e. The first-order chi connectivity index (χ1) is 4.09. The van der Waals surface area contributed by atoms with Crippen LogP contribution in [0.5, 0.6) is 0 Å². The van der Waals surface area contributed by atoms with Crippen molar-refractivity contribution in [3.8, 4) is 0 Å². The van der Waals surface area contributed by atoms with Gasteiger partial charge in [-0.25, -0.2) is 0 Å². The van der Waals surface area contributed by atoms with Crippen LogP contribution in [0.2, 0.25) is 0 Å². The number of carbonyl (C=O) groups excluding carboxylic acids is 3. The van der Waals surface area contributed by atoms with Crippen LogP contribution in [0.15, 0.2) is 0 Å². The molecule has 0 rings (SSSR count). The molecular weight excluding hydrogens is 120 g/mol. The lowest BCUT2D eigenvalue weighted by atomic mass is 10.0. The highest BCUT2D eigenvalue weighted by Gasteiger charge is 2.17. The lowest BCUT2D eigenvalue weighted by Gasteiger charge is -1.96. The SMILES string of the molecule is CC(=O)C(C=O)C(C)=O. The third kappa shape index (κ3) is 2.17. The predicted octanol–water partition coefficient (Wildman–Crippen LogP) is -0.0205. The van der Waals surface area contributed by atoms with E-state index in [2.05, 4.69) is 0 Å². The summed E-state index contributed by atoms with van der Waals surface area (Å²) in [5, 5.41) is 0. The van der Waals surface area contributed by atoms with E-state index in [0.29, 0.717) is 6.29 Å². The van der Waals surface area contributed by atoms with E-state index < -0.39 is 17.5 Å². The molecule has 0 aliphatic rings. The van der Waals surface area contributed by atoms with Gasteiger partial charge >= 0.3 is 0 Å². The standard InChI is InChI=1S/C6H8O3/c1-4(8)6(3-7)5(2)9/h3,6H,1-2H3. The van der Waals surface area contributed by atoms with E-state index in [0.717, 1.165) is 0 Å². The lowest BCUT2D eigenvalue weighted by Crippen LogP contribution is -2.20. The van der Waals surface area contributed by atoms with Gasteiger partial charge < -0.3 is 4.79 Å². The van der Waals surface area contributed by atoms with E-state index in [4.69, 9.17) is 0 Å². The fraction of sp³-hybridized carbons (Fsp3) is 0.500. The summed E-state index contributed by atoms with van der Waals surface area (Å²) in [6, 6.07) is 0. The van der Waals surface area contributed by atoms with Gasteiger partial charge in [0.15, 0.2) is 0 Å². The molecule has 0 radical (unpaired) electrons. The van der Waals surface area contributed by atoms with E-state index >= 15 is 0 Å². The van der Waals surface area contributed by atoms with Gasteiger partial charge in [-0.3, -0.25) is 9.59 Å². The first kappa shape index (κ1) is 8.01. The van der Waals surface area contributed by atoms with Crippen LogP contribution in [0.4, 0.5) is 0 Å². The van der Waals surface area contributed by atoms with Gasteiger partial charge in [0.05, 0.1) is 0 Å². The van der Waals surface area contributed by atoms with Crippen molar-refractivity contribution in [3.05, 3.63) is 0 Å². The molecule has 0 saturated carbocycles. The van der Waals surface area contributed by atoms with Gasteiger partial charge in [-0.1, -0.05) is 0 Å². The topological polar surface area (TPSA) is 51.2 Å². The number of rotatable bonds is 3. The summed E-state index contributed by atoms with van der Waals surface area (Å²) in [4.78, 5) is 30.7. The summed E-state index contributed by atoms with van der Waals surface area (Å²) < 4.78 is 0. The summed E-state index contributed by atoms with van der Waals surface area (Å²) in [6.07, 6.45) is 0.366. The second-order valence-corrected chi connectivity index (χ2v) is 1.84. The van der Waals surface area contributed by atoms with Gasteiger partial charge in [0.25, 0.3) is 0 Å². The number of Topliss-reactive ketones (excluding diaryl/α,β-unsaturated/α-hetero) is 2. The molecule has 0 aliphatic carbocycles. The third-order valence-corrected chi connectivity index (χ3v) is 1.01. The Labute approximate surface area is 53.0 Å². The zero-order valence-electron chi connectivity index (χ0n) is 5.38. The molecule has 0 aromatic rings. The summed E-state index contributed by atoms with van der Waals surface area (Å²) in [5.41, 5.74) is 0. The Kier molecular flexibility index (Phi) is 2.78. The van der Waals surface area contributed by atoms with Crippen LogP contribution in [-0.2, 0) is 14.4 Å². The summed E-state index contributed by atoms with van der Waals surface area (Å²) >= 11 is 0. The fourth-order valence-electron chi connectivity index (χ4n) is 0.478. The van der Waals surface area contributed by atoms with Crippen molar-refractivity contribution in [2.45, 2.75) is 13.8 Å². The zero-order chi connectivity index (χ0) is 7.44. The maximum absolute atomic E-state index is 10.4. The highest BCUT2D eigenvalue weighted by atomic mass is 16.2. The normalized spacial score (nSPS) is 9.22. The van der Waals surface area contributed by atoms with Crippen molar-refractivity contribution in [1.29, 1.82) is 0 Å². The maximum atomic E-state index is 10.4. The van der Waals surface area contributed by atoms with Crippen molar-refractivity contribution in [2.24, 2.45) is 5.92 Å². The minimum atomic E-state index is -1.04. The van der Waals surface area contributed by atoms with Gasteiger partial charge in [-0.2, -0.15) is 0 Å². The number of aldehydes is 1. The van der Waals surface area contributed by atoms with Crippen LogP contribution >= 0.6 is 0 Å². The molecule has 0 bridgehead atoms. The smallest absolute Gasteiger partial charge is 0.147 e. The van der Waals surface area contributed by atoms with Crippen LogP contribution in [0.25, 0.3) is 0 Å². The average Bonchev–Trinajstić information content (AvgIpc) is 1.64. The summed E-state index contributed by atoms with van der Waals surface area (Å²) in [5.74, 6) is -1.82. The summed E-state index contributed by atoms with van der Waals surface area (Å²) in [7, 11) is 0. The Bertz CT molecular complexity index is 134. The van der Waals surface area contributed by atoms with Crippen molar-refractivity contribution in [2.75, 3.05) is 0 Å². The molecule has 0 atom stereocenters. The Morgan fingerprint density at radius 3 is 1.56 bits per heavy atom. The molecule has 0 aromatic carbocycles. The van der Waals surface area contributed by atoms with Crippen LogP contribution in [0.1, 0.15) is 13.8 Å². The Balaban J connectivity index is 4.16. The van der Waals surface area contributed by atoms with Crippen LogP contribution in [-0.4, -0.2) is 17.9 Å². The number of ketones is 2. The second-order valence-electron chi connectivity index (χ2n) is 1.84. The second kappa shape index (κ2) is 3.12. The van der Waals surface area contributed by atoms with Crippen LogP contribution < -0.4 is 0 Å². The fourth-order valence-corrected chi connectivity index (χ4v) is 0.478. The first-order valence-corrected chi connectivity index (χ1v) is 2.55. The Hall–Kier alpha value is -0.990. The molecular formula is C6H8O3. The largest absolute Gasteiger partial charge is 0.302 e. The van der Waals surface area contributed by atoms with E-state index in [1.165, 1.54) is 13.8 Å². The van der Waals surface area contributed by atoms with Gasteiger partial charge in [0.1, 0.15) is 23.8 Å². The minimum absolute atomic E-state index is 0.366. The van der Waals surface area contributed by atoms with E-state index in [1.54, 1.807) is 0 Å². The molecule has 0 aromatic heterocycles. The van der Waals surface area contributed by atoms with E-state index in [1.807, 2.05) is 0 Å². The first-order valence-electron chi connectivity index (χ1n) is 2.55. The molecule has 0 spiro atoms. The number of hydrogen-bond acceptors (Lipinski definition) is 3. The van der Waals surface area contributed by atoms with Crippen molar-refractivity contribution >= 4 is 17.9 Å². The maximum Gasteiger partial charge on any atom is 0.147 e. The van der Waals surface area contributed by atoms with E-state index in [-0.39, 0.29) is 0 Å². The van der Waals surface area contributed by atoms with E-state index in [9.17, 15) is 14.4 Å². The lowest BCUT2D eigenvalue weighted by molar-refractivity contribution is -0.133. The Morgan fingerprint density at radius 2 is 1.56 bits per heavy atom. The highest BCUT2D eigenvalue weighted by Crippen LogP contribution is 1.93. The molecule has 3 heteroatoms. The number of carbonyl (C=O) groups is 3. The molecule has 0 saturated heterocycles. The predicted molar refractivity (Wildman–Crippen MR) is 30.9 cm³/mol. The van der Waals surface area contributed by atoms with Crippen LogP contribution in [0.3, 0.4) is 0 Å². The van der Waals surface area contributed by atoms with Crippen molar-refractivity contribution < 1.29 is 14.4 Å². The molecule has 50 valence electrons. The molecule has 3 nitrogen and oxygen atoms in total. The molecule has 0 unspecified atom stereocenters.